The van der Waals surface area contributed by atoms with E-state index in [1.165, 1.54) is 11.8 Å². The highest BCUT2D eigenvalue weighted by Crippen LogP contribution is 2.26. The quantitative estimate of drug-likeness (QED) is 0.750. The van der Waals surface area contributed by atoms with E-state index >= 15 is 0 Å². The number of carboxylic acid groups (broad SMARTS) is 1. The zero-order chi connectivity index (χ0) is 19.9. The minimum absolute atomic E-state index is 0.108. The zero-order valence-corrected chi connectivity index (χ0v) is 16.6. The minimum Gasteiger partial charge on any atom is -0.497 e. The fourth-order valence-electron chi connectivity index (χ4n) is 3.56. The fourth-order valence-corrected chi connectivity index (χ4v) is 4.43. The third kappa shape index (κ3) is 6.46. The van der Waals surface area contributed by atoms with Crippen LogP contribution in [-0.2, 0) is 26.1 Å². The summed E-state index contributed by atoms with van der Waals surface area (Å²) in [6.45, 7) is 3.93. The first-order valence-electron chi connectivity index (χ1n) is 8.87. The average Bonchev–Trinajstić information content (AvgIpc) is 2.84. The lowest BCUT2D eigenvalue weighted by Crippen LogP contribution is -2.47. The van der Waals surface area contributed by atoms with E-state index < -0.39 is 10.0 Å². The number of hydrogen-bond acceptors (Lipinski definition) is 6. The first-order valence-corrected chi connectivity index (χ1v) is 10.7. The van der Waals surface area contributed by atoms with Crippen molar-refractivity contribution in [3.8, 4) is 5.75 Å². The monoisotopic (exact) mass is 400 g/mol. The summed E-state index contributed by atoms with van der Waals surface area (Å²) in [6, 6.07) is 8.12. The highest BCUT2D eigenvalue weighted by molar-refractivity contribution is 7.88. The molecule has 1 N–H and O–H groups in total. The van der Waals surface area contributed by atoms with E-state index in [9.17, 15) is 8.42 Å². The molecule has 3 rings (SSSR count). The van der Waals surface area contributed by atoms with Gasteiger partial charge in [-0.05, 0) is 30.7 Å². The number of carbonyl (C=O) groups is 1. The van der Waals surface area contributed by atoms with Gasteiger partial charge in [0.15, 0.2) is 0 Å². The van der Waals surface area contributed by atoms with E-state index in [1.807, 2.05) is 12.1 Å². The fraction of sp³-hybridized carbons (Fsp3) is 0.611. The molecule has 0 amide bonds. The maximum absolute atomic E-state index is 11.8. The lowest BCUT2D eigenvalue weighted by Gasteiger charge is -2.37. The van der Waals surface area contributed by atoms with Gasteiger partial charge in [0.05, 0.1) is 26.1 Å². The number of rotatable bonds is 4. The summed E-state index contributed by atoms with van der Waals surface area (Å²) in [4.78, 5) is 10.7. The molecule has 152 valence electrons. The molecule has 1 aromatic carbocycles. The Morgan fingerprint density at radius 1 is 1.33 bits per heavy atom. The van der Waals surface area contributed by atoms with E-state index in [0.29, 0.717) is 19.7 Å². The highest BCUT2D eigenvalue weighted by atomic mass is 32.2. The molecule has 27 heavy (non-hydrogen) atoms. The van der Waals surface area contributed by atoms with Crippen molar-refractivity contribution in [3.63, 3.8) is 0 Å². The molecule has 0 saturated carbocycles. The van der Waals surface area contributed by atoms with Gasteiger partial charge in [0, 0.05) is 32.1 Å². The smallest absolute Gasteiger partial charge is 0.290 e. The number of fused-ring (bicyclic) bond motifs is 1. The van der Waals surface area contributed by atoms with Crippen LogP contribution in [0.1, 0.15) is 12.0 Å². The van der Waals surface area contributed by atoms with Crippen molar-refractivity contribution in [3.05, 3.63) is 29.8 Å². The Morgan fingerprint density at radius 3 is 2.74 bits per heavy atom. The lowest BCUT2D eigenvalue weighted by molar-refractivity contribution is -0.122. The molecule has 0 aliphatic carbocycles. The Bertz CT molecular complexity index is 712. The predicted octanol–water partition coefficient (Wildman–Crippen LogP) is 0.878. The van der Waals surface area contributed by atoms with Crippen molar-refractivity contribution in [1.82, 2.24) is 9.21 Å². The molecule has 1 aromatic rings. The molecule has 0 aromatic heterocycles. The van der Waals surface area contributed by atoms with Gasteiger partial charge in [0.2, 0.25) is 10.0 Å². The summed E-state index contributed by atoms with van der Waals surface area (Å²) in [5, 5.41) is 6.89. The van der Waals surface area contributed by atoms with Gasteiger partial charge >= 0.3 is 0 Å². The summed E-state index contributed by atoms with van der Waals surface area (Å²) in [7, 11) is -1.47. The number of sulfonamides is 1. The maximum atomic E-state index is 11.8. The van der Waals surface area contributed by atoms with Crippen molar-refractivity contribution in [2.24, 2.45) is 5.92 Å². The van der Waals surface area contributed by atoms with Crippen LogP contribution in [0, 0.1) is 5.92 Å². The van der Waals surface area contributed by atoms with Crippen molar-refractivity contribution in [1.29, 1.82) is 0 Å². The van der Waals surface area contributed by atoms with Crippen molar-refractivity contribution in [2.45, 2.75) is 19.1 Å². The Labute approximate surface area is 160 Å². The summed E-state index contributed by atoms with van der Waals surface area (Å²) in [5.41, 5.74) is 1.22. The third-order valence-electron chi connectivity index (χ3n) is 4.90. The van der Waals surface area contributed by atoms with E-state index in [-0.39, 0.29) is 18.5 Å². The zero-order valence-electron chi connectivity index (χ0n) is 15.8. The average molecular weight is 400 g/mol. The summed E-state index contributed by atoms with van der Waals surface area (Å²) in [5.74, 6) is 1.15. The number of nitrogens with zero attached hydrogens (tertiary/aromatic N) is 2. The molecular formula is C18H28N2O6S. The number of benzene rings is 1. The van der Waals surface area contributed by atoms with E-state index in [2.05, 4.69) is 17.0 Å². The first-order chi connectivity index (χ1) is 12.9. The molecule has 0 bridgehead atoms. The second kappa shape index (κ2) is 10.0. The summed E-state index contributed by atoms with van der Waals surface area (Å²) >= 11 is 0. The Balaban J connectivity index is 0.000000817. The maximum Gasteiger partial charge on any atom is 0.290 e. The molecule has 2 aliphatic rings. The second-order valence-corrected chi connectivity index (χ2v) is 8.75. The van der Waals surface area contributed by atoms with Crippen LogP contribution in [0.15, 0.2) is 24.3 Å². The van der Waals surface area contributed by atoms with Crippen LogP contribution in [0.4, 0.5) is 0 Å². The molecule has 0 radical (unpaired) electrons. The summed E-state index contributed by atoms with van der Waals surface area (Å²) < 4.78 is 36.5. The molecule has 2 saturated heterocycles. The number of ether oxygens (including phenoxy) is 2. The normalized spacial score (nSPS) is 24.1. The van der Waals surface area contributed by atoms with Crippen LogP contribution in [0.5, 0.6) is 5.75 Å². The standard InChI is InChI=1S/C17H26N2O4S.CH2O2/c1-22-16-5-3-4-14(10-16)11-18-7-6-15-12-19(24(2,20)21)8-9-23-17(15)13-18;2-1-3/h3-5,10,15,17H,6-9,11-13H2,1-2H3;1H,(H,2,3)/t15-,17-;/m1./s1. The molecular weight excluding hydrogens is 372 g/mol. The number of hydrogen-bond donors (Lipinski definition) is 1. The van der Waals surface area contributed by atoms with Gasteiger partial charge in [0.25, 0.3) is 6.47 Å². The molecule has 2 aliphatic heterocycles. The van der Waals surface area contributed by atoms with E-state index in [0.717, 1.165) is 31.8 Å². The minimum atomic E-state index is -3.14. The Morgan fingerprint density at radius 2 is 2.07 bits per heavy atom. The van der Waals surface area contributed by atoms with Crippen LogP contribution in [0.25, 0.3) is 0 Å². The van der Waals surface area contributed by atoms with E-state index in [1.54, 1.807) is 11.4 Å². The van der Waals surface area contributed by atoms with E-state index in [4.69, 9.17) is 19.4 Å². The van der Waals surface area contributed by atoms with Gasteiger partial charge in [-0.25, -0.2) is 8.42 Å². The third-order valence-corrected chi connectivity index (χ3v) is 6.17. The Kier molecular flexibility index (Phi) is 8.03. The van der Waals surface area contributed by atoms with Crippen LogP contribution >= 0.6 is 0 Å². The topological polar surface area (TPSA) is 96.4 Å². The molecule has 2 fully saturated rings. The number of likely N-dealkylation sites (tertiary alicyclic amines) is 1. The highest BCUT2D eigenvalue weighted by Gasteiger charge is 2.35. The van der Waals surface area contributed by atoms with Crippen LogP contribution < -0.4 is 4.74 Å². The predicted molar refractivity (Wildman–Crippen MR) is 101 cm³/mol. The number of methoxy groups -OCH3 is 1. The molecule has 8 nitrogen and oxygen atoms in total. The van der Waals surface area contributed by atoms with Gasteiger partial charge in [-0.1, -0.05) is 12.1 Å². The van der Waals surface area contributed by atoms with Gasteiger partial charge in [0.1, 0.15) is 5.75 Å². The van der Waals surface area contributed by atoms with Gasteiger partial charge in [-0.15, -0.1) is 0 Å². The molecule has 2 atom stereocenters. The molecule has 0 unspecified atom stereocenters. The SMILES string of the molecule is COc1cccc(CN2CC[C@@H]3CN(S(C)(=O)=O)CCO[C@@H]3C2)c1.O=CO. The lowest BCUT2D eigenvalue weighted by atomic mass is 9.93. The molecule has 2 heterocycles. The van der Waals surface area contributed by atoms with Gasteiger partial charge in [-0.3, -0.25) is 9.69 Å². The van der Waals surface area contributed by atoms with Crippen LogP contribution in [0.2, 0.25) is 0 Å². The van der Waals surface area contributed by atoms with Crippen molar-refractivity contribution >= 4 is 16.5 Å². The van der Waals surface area contributed by atoms with Crippen LogP contribution in [-0.4, -0.2) is 81.5 Å². The van der Waals surface area contributed by atoms with Gasteiger partial charge in [-0.2, -0.15) is 4.31 Å². The molecule has 9 heteroatoms. The first kappa shape index (κ1) is 21.6. The van der Waals surface area contributed by atoms with Crippen molar-refractivity contribution in [2.75, 3.05) is 46.2 Å². The molecule has 0 spiro atoms. The summed E-state index contributed by atoms with van der Waals surface area (Å²) in [6.07, 6.45) is 2.35. The Hall–Kier alpha value is -1.68. The largest absolute Gasteiger partial charge is 0.497 e. The van der Waals surface area contributed by atoms with Crippen LogP contribution in [0.3, 0.4) is 0 Å². The van der Waals surface area contributed by atoms with Gasteiger partial charge < -0.3 is 14.6 Å². The van der Waals surface area contributed by atoms with Crippen molar-refractivity contribution < 1.29 is 27.8 Å². The second-order valence-electron chi connectivity index (χ2n) is 6.77. The number of piperidine rings is 1.